The standard InChI is InChI=1S/C15H22N6O/c1-10-16-11(2)21(19-10)8-13-4-3-7-20(13)9-14-17-18-15(22-14)12-5-6-12/h12-13H,3-9H2,1-2H3. The number of aryl methyl sites for hydroxylation is 2. The van der Waals surface area contributed by atoms with Crippen molar-refractivity contribution < 1.29 is 4.42 Å². The van der Waals surface area contributed by atoms with Gasteiger partial charge in [-0.3, -0.25) is 4.90 Å². The van der Waals surface area contributed by atoms with Gasteiger partial charge in [0.05, 0.1) is 13.1 Å². The number of rotatable bonds is 5. The van der Waals surface area contributed by atoms with Gasteiger partial charge in [-0.1, -0.05) is 0 Å². The summed E-state index contributed by atoms with van der Waals surface area (Å²) in [6.45, 7) is 6.67. The molecule has 2 aliphatic rings. The Morgan fingerprint density at radius 3 is 2.77 bits per heavy atom. The van der Waals surface area contributed by atoms with Crippen LogP contribution < -0.4 is 0 Å². The summed E-state index contributed by atoms with van der Waals surface area (Å²) < 4.78 is 7.81. The minimum Gasteiger partial charge on any atom is -0.424 e. The Balaban J connectivity index is 1.42. The highest BCUT2D eigenvalue weighted by molar-refractivity contribution is 5.00. The average Bonchev–Trinajstić information content (AvgIpc) is 2.93. The monoisotopic (exact) mass is 302 g/mol. The third kappa shape index (κ3) is 2.77. The van der Waals surface area contributed by atoms with Crippen LogP contribution in [0.3, 0.4) is 0 Å². The van der Waals surface area contributed by atoms with E-state index in [0.29, 0.717) is 12.0 Å². The van der Waals surface area contributed by atoms with Crippen molar-refractivity contribution in [1.82, 2.24) is 29.9 Å². The first-order chi connectivity index (χ1) is 10.7. The molecule has 118 valence electrons. The average molecular weight is 302 g/mol. The molecule has 2 aromatic heterocycles. The molecule has 0 radical (unpaired) electrons. The van der Waals surface area contributed by atoms with Gasteiger partial charge in [0.15, 0.2) is 0 Å². The van der Waals surface area contributed by atoms with Crippen LogP contribution in [-0.2, 0) is 13.1 Å². The van der Waals surface area contributed by atoms with Gasteiger partial charge in [-0.2, -0.15) is 5.10 Å². The van der Waals surface area contributed by atoms with Crippen LogP contribution in [0.5, 0.6) is 0 Å². The number of nitrogens with zero attached hydrogens (tertiary/aromatic N) is 6. The van der Waals surface area contributed by atoms with Crippen LogP contribution >= 0.6 is 0 Å². The van der Waals surface area contributed by atoms with Crippen LogP contribution in [0.25, 0.3) is 0 Å². The fraction of sp³-hybridized carbons (Fsp3) is 0.733. The SMILES string of the molecule is Cc1nc(C)n(CC2CCCN2Cc2nnc(C3CC3)o2)n1. The van der Waals surface area contributed by atoms with E-state index in [4.69, 9.17) is 4.42 Å². The fourth-order valence-electron chi connectivity index (χ4n) is 3.24. The summed E-state index contributed by atoms with van der Waals surface area (Å²) in [5.41, 5.74) is 0. The molecule has 0 amide bonds. The molecule has 22 heavy (non-hydrogen) atoms. The van der Waals surface area contributed by atoms with Crippen molar-refractivity contribution >= 4 is 0 Å². The molecule has 4 rings (SSSR count). The van der Waals surface area contributed by atoms with E-state index in [1.165, 1.54) is 25.7 Å². The predicted octanol–water partition coefficient (Wildman–Crippen LogP) is 1.82. The molecule has 7 nitrogen and oxygen atoms in total. The number of aromatic nitrogens is 5. The van der Waals surface area contributed by atoms with Crippen LogP contribution in [0.4, 0.5) is 0 Å². The van der Waals surface area contributed by atoms with E-state index in [9.17, 15) is 0 Å². The molecule has 0 N–H and O–H groups in total. The molecule has 0 spiro atoms. The Hall–Kier alpha value is -1.76. The third-order valence-corrected chi connectivity index (χ3v) is 4.59. The van der Waals surface area contributed by atoms with E-state index in [2.05, 4.69) is 25.2 Å². The lowest BCUT2D eigenvalue weighted by atomic mass is 10.2. The summed E-state index contributed by atoms with van der Waals surface area (Å²) in [6, 6.07) is 0.469. The van der Waals surface area contributed by atoms with Crippen molar-refractivity contribution in [3.63, 3.8) is 0 Å². The molecule has 3 heterocycles. The quantitative estimate of drug-likeness (QED) is 0.839. The molecule has 1 aliphatic carbocycles. The molecular weight excluding hydrogens is 280 g/mol. The summed E-state index contributed by atoms with van der Waals surface area (Å²) in [7, 11) is 0. The molecule has 1 aliphatic heterocycles. The molecule has 1 atom stereocenters. The molecule has 1 saturated carbocycles. The van der Waals surface area contributed by atoms with Gasteiger partial charge in [0.1, 0.15) is 11.6 Å². The van der Waals surface area contributed by atoms with E-state index in [-0.39, 0.29) is 0 Å². The maximum absolute atomic E-state index is 5.80. The Morgan fingerprint density at radius 2 is 2.05 bits per heavy atom. The summed E-state index contributed by atoms with van der Waals surface area (Å²) in [5, 5.41) is 12.9. The molecule has 7 heteroatoms. The van der Waals surface area contributed by atoms with E-state index in [1.54, 1.807) is 0 Å². The van der Waals surface area contributed by atoms with Crippen molar-refractivity contribution in [3.05, 3.63) is 23.4 Å². The molecule has 2 fully saturated rings. The zero-order valence-corrected chi connectivity index (χ0v) is 13.2. The Bertz CT molecular complexity index is 659. The van der Waals surface area contributed by atoms with Crippen molar-refractivity contribution in [1.29, 1.82) is 0 Å². The lowest BCUT2D eigenvalue weighted by molar-refractivity contribution is 0.197. The predicted molar refractivity (Wildman–Crippen MR) is 79.2 cm³/mol. The molecule has 1 unspecified atom stereocenters. The van der Waals surface area contributed by atoms with E-state index in [1.807, 2.05) is 18.5 Å². The molecule has 2 aromatic rings. The van der Waals surface area contributed by atoms with Crippen molar-refractivity contribution in [2.24, 2.45) is 0 Å². The minimum atomic E-state index is 0.469. The van der Waals surface area contributed by atoms with Crippen molar-refractivity contribution in [2.75, 3.05) is 6.54 Å². The third-order valence-electron chi connectivity index (χ3n) is 4.59. The zero-order valence-electron chi connectivity index (χ0n) is 13.2. The van der Waals surface area contributed by atoms with Gasteiger partial charge < -0.3 is 4.42 Å². The van der Waals surface area contributed by atoms with Gasteiger partial charge in [0, 0.05) is 12.0 Å². The number of hydrogen-bond acceptors (Lipinski definition) is 6. The first kappa shape index (κ1) is 13.9. The Morgan fingerprint density at radius 1 is 1.18 bits per heavy atom. The molecule has 0 aromatic carbocycles. The highest BCUT2D eigenvalue weighted by Gasteiger charge is 2.31. The first-order valence-corrected chi connectivity index (χ1v) is 8.13. The fourth-order valence-corrected chi connectivity index (χ4v) is 3.24. The van der Waals surface area contributed by atoms with Crippen molar-refractivity contribution in [2.45, 2.75) is 64.6 Å². The lowest BCUT2D eigenvalue weighted by Gasteiger charge is -2.22. The zero-order chi connectivity index (χ0) is 15.1. The summed E-state index contributed by atoms with van der Waals surface area (Å²) in [6.07, 6.45) is 4.78. The highest BCUT2D eigenvalue weighted by Crippen LogP contribution is 2.39. The maximum atomic E-state index is 5.80. The van der Waals surface area contributed by atoms with Gasteiger partial charge in [0.25, 0.3) is 0 Å². The topological polar surface area (TPSA) is 72.9 Å². The summed E-state index contributed by atoms with van der Waals surface area (Å²) in [5.74, 6) is 3.93. The molecule has 0 bridgehead atoms. The molecular formula is C15H22N6O. The highest BCUT2D eigenvalue weighted by atomic mass is 16.4. The second kappa shape index (κ2) is 5.46. The van der Waals surface area contributed by atoms with Crippen molar-refractivity contribution in [3.8, 4) is 0 Å². The normalized spacial score (nSPS) is 22.5. The Labute approximate surface area is 129 Å². The van der Waals surface area contributed by atoms with Gasteiger partial charge in [0.2, 0.25) is 11.8 Å². The van der Waals surface area contributed by atoms with Crippen LogP contribution in [0.2, 0.25) is 0 Å². The van der Waals surface area contributed by atoms with E-state index in [0.717, 1.165) is 43.1 Å². The van der Waals surface area contributed by atoms with Crippen LogP contribution in [-0.4, -0.2) is 42.4 Å². The summed E-state index contributed by atoms with van der Waals surface area (Å²) in [4.78, 5) is 6.82. The van der Waals surface area contributed by atoms with Gasteiger partial charge >= 0.3 is 0 Å². The smallest absolute Gasteiger partial charge is 0.230 e. The number of likely N-dealkylation sites (tertiary alicyclic amines) is 1. The Kier molecular flexibility index (Phi) is 3.44. The first-order valence-electron chi connectivity index (χ1n) is 8.13. The van der Waals surface area contributed by atoms with Gasteiger partial charge in [-0.15, -0.1) is 10.2 Å². The van der Waals surface area contributed by atoms with Gasteiger partial charge in [-0.25, -0.2) is 9.67 Å². The second-order valence-corrected chi connectivity index (χ2v) is 6.46. The largest absolute Gasteiger partial charge is 0.424 e. The molecule has 1 saturated heterocycles. The van der Waals surface area contributed by atoms with E-state index >= 15 is 0 Å². The van der Waals surface area contributed by atoms with Crippen LogP contribution in [0, 0.1) is 13.8 Å². The lowest BCUT2D eigenvalue weighted by Crippen LogP contribution is -2.33. The van der Waals surface area contributed by atoms with Crippen LogP contribution in [0.1, 0.15) is 55.0 Å². The minimum absolute atomic E-state index is 0.469. The van der Waals surface area contributed by atoms with Gasteiger partial charge in [-0.05, 0) is 46.1 Å². The van der Waals surface area contributed by atoms with E-state index < -0.39 is 0 Å². The van der Waals surface area contributed by atoms with Crippen LogP contribution in [0.15, 0.2) is 4.42 Å². The summed E-state index contributed by atoms with van der Waals surface area (Å²) >= 11 is 0. The maximum Gasteiger partial charge on any atom is 0.230 e. The second-order valence-electron chi connectivity index (χ2n) is 6.46. The number of hydrogen-bond donors (Lipinski definition) is 0.